The number of nitrogens with one attached hydrogen (secondary N) is 5. The molecule has 67 heavy (non-hydrogen) atoms. The van der Waals surface area contributed by atoms with Crippen molar-refractivity contribution in [3.8, 4) is 0 Å². The minimum atomic E-state index is -4.10. The molecule has 27 heteroatoms. The van der Waals surface area contributed by atoms with Gasteiger partial charge in [-0.1, -0.05) is 19.3 Å². The zero-order valence-electron chi connectivity index (χ0n) is 36.9. The monoisotopic (exact) mass is 1010 g/mol. The third kappa shape index (κ3) is 17.8. The maximum atomic E-state index is 15.2. The number of nitrogens with two attached hydrogens (primary N) is 2. The van der Waals surface area contributed by atoms with Crippen LogP contribution in [0.1, 0.15) is 83.1 Å². The highest BCUT2D eigenvalue weighted by atomic mass is 35.5. The lowest BCUT2D eigenvalue weighted by atomic mass is 9.83. The lowest BCUT2D eigenvalue weighted by Gasteiger charge is -2.32. The number of amides is 7. The molecule has 2 fully saturated rings. The van der Waals surface area contributed by atoms with Gasteiger partial charge in [-0.15, -0.1) is 23.2 Å². The molecular formula is C40H60Cl2F2N9O13P. The molecule has 1 saturated heterocycles. The Hall–Kier alpha value is -4.55. The molecule has 1 aliphatic heterocycles. The molecule has 22 nitrogen and oxygen atoms in total. The summed E-state index contributed by atoms with van der Waals surface area (Å²) in [6.45, 7) is -0.776. The number of rotatable bonds is 27. The van der Waals surface area contributed by atoms with E-state index in [2.05, 4.69) is 26.6 Å². The first-order valence-corrected chi connectivity index (χ1v) is 24.3. The van der Waals surface area contributed by atoms with E-state index >= 15 is 8.78 Å². The minimum absolute atomic E-state index is 0.000706. The van der Waals surface area contributed by atoms with Crippen molar-refractivity contribution >= 4 is 83.9 Å². The molecule has 2 aliphatic rings. The Bertz CT molecular complexity index is 1960. The fourth-order valence-electron chi connectivity index (χ4n) is 7.54. The molecule has 1 aliphatic carbocycles. The number of aliphatic carboxylic acids is 1. The van der Waals surface area contributed by atoms with Gasteiger partial charge in [0.1, 0.15) is 41.8 Å². The second-order valence-corrected chi connectivity index (χ2v) is 18.9. The predicted molar refractivity (Wildman–Crippen MR) is 238 cm³/mol. The average Bonchev–Trinajstić information content (AvgIpc) is 3.67. The summed E-state index contributed by atoms with van der Waals surface area (Å²) < 4.78 is 49.8. The first-order valence-electron chi connectivity index (χ1n) is 21.6. The molecule has 12 N–H and O–H groups in total. The number of aliphatic hydroxyl groups excluding tert-OH is 2. The van der Waals surface area contributed by atoms with Crippen molar-refractivity contribution in [3.05, 3.63) is 29.3 Å². The number of carboxylic acid groups (broad SMARTS) is 1. The topological polar surface area (TPSA) is 342 Å². The Morgan fingerprint density at radius 1 is 0.896 bits per heavy atom. The summed E-state index contributed by atoms with van der Waals surface area (Å²) in [5.74, 6) is -10.2. The van der Waals surface area contributed by atoms with Crippen LogP contribution in [0.25, 0.3) is 0 Å². The quantitative estimate of drug-likeness (QED) is 0.0418. The van der Waals surface area contributed by atoms with Gasteiger partial charge in [0.25, 0.3) is 0 Å². The van der Waals surface area contributed by atoms with E-state index in [9.17, 15) is 53.1 Å². The summed E-state index contributed by atoms with van der Waals surface area (Å²) in [7, 11) is -4.10. The minimum Gasteiger partial charge on any atom is -0.481 e. The molecule has 7 amide bonds. The molecule has 0 bridgehead atoms. The number of anilines is 1. The first kappa shape index (κ1) is 56.8. The van der Waals surface area contributed by atoms with Gasteiger partial charge in [0, 0.05) is 68.3 Å². The zero-order chi connectivity index (χ0) is 50.0. The fourth-order valence-corrected chi connectivity index (χ4v) is 9.42. The van der Waals surface area contributed by atoms with Crippen molar-refractivity contribution in [1.29, 1.82) is 0 Å². The number of hydrogen-bond acceptors (Lipinski definition) is 12. The highest BCUT2D eigenvalue weighted by Gasteiger charge is 2.40. The molecule has 1 aromatic carbocycles. The molecule has 0 spiro atoms. The molecule has 3 rings (SSSR count). The van der Waals surface area contributed by atoms with Crippen LogP contribution in [0.15, 0.2) is 12.1 Å². The highest BCUT2D eigenvalue weighted by molar-refractivity contribution is 7.53. The largest absolute Gasteiger partial charge is 0.481 e. The summed E-state index contributed by atoms with van der Waals surface area (Å²) in [4.78, 5) is 104. The third-order valence-corrected chi connectivity index (χ3v) is 13.2. The molecule has 0 radical (unpaired) electrons. The van der Waals surface area contributed by atoms with Gasteiger partial charge < -0.3 is 57.1 Å². The maximum Gasteiger partial charge on any atom is 0.341 e. The summed E-state index contributed by atoms with van der Waals surface area (Å²) >= 11 is 11.5. The maximum absolute atomic E-state index is 15.2. The summed E-state index contributed by atoms with van der Waals surface area (Å²) in [5.41, 5.74) is 10.0. The lowest BCUT2D eigenvalue weighted by molar-refractivity contribution is -0.140. The molecule has 1 unspecified atom stereocenters. The van der Waals surface area contributed by atoms with E-state index in [1.54, 1.807) is 0 Å². The normalized spacial score (nSPS) is 19.0. The number of alkyl halides is 2. The second kappa shape index (κ2) is 27.4. The van der Waals surface area contributed by atoms with Crippen molar-refractivity contribution in [3.63, 3.8) is 0 Å². The van der Waals surface area contributed by atoms with Gasteiger partial charge >= 0.3 is 13.6 Å². The van der Waals surface area contributed by atoms with Crippen LogP contribution in [0.4, 0.5) is 14.5 Å². The van der Waals surface area contributed by atoms with E-state index in [1.165, 1.54) is 6.92 Å². The summed E-state index contributed by atoms with van der Waals surface area (Å²) in [6.07, 6.45) is 0.506. The Kier molecular flexibility index (Phi) is 23.3. The number of carbonyl (C=O) groups excluding carboxylic acids is 7. The molecule has 1 aromatic rings. The number of primary amides is 1. The van der Waals surface area contributed by atoms with Gasteiger partial charge in [-0.25, -0.2) is 19.0 Å². The van der Waals surface area contributed by atoms with E-state index in [4.69, 9.17) is 44.1 Å². The van der Waals surface area contributed by atoms with Gasteiger partial charge in [0.2, 0.25) is 41.4 Å². The van der Waals surface area contributed by atoms with E-state index in [-0.39, 0.29) is 57.1 Å². The summed E-state index contributed by atoms with van der Waals surface area (Å²) in [6, 6.07) is -5.69. The van der Waals surface area contributed by atoms with E-state index < -0.39 is 146 Å². The summed E-state index contributed by atoms with van der Waals surface area (Å²) in [5, 5.41) is 41.3. The van der Waals surface area contributed by atoms with Crippen molar-refractivity contribution in [2.75, 3.05) is 43.3 Å². The zero-order valence-corrected chi connectivity index (χ0v) is 39.3. The number of carbonyl (C=O) groups is 8. The van der Waals surface area contributed by atoms with Crippen LogP contribution < -0.4 is 37.8 Å². The van der Waals surface area contributed by atoms with Crippen LogP contribution in [-0.4, -0.2) is 147 Å². The van der Waals surface area contributed by atoms with E-state index in [0.29, 0.717) is 25.7 Å². The first-order chi connectivity index (χ1) is 31.6. The Labute approximate surface area is 395 Å². The number of halogens is 4. The SMILES string of the molecule is C[C@H](NC(=O)[C@@H]1C[C@@H](O)CN1C(=O)CCCC(=O)O)C(=O)N[C@@H](CO)C(=O)N[C@H](C(=O)N[C@@H](CCC(N)=O)C(=O)Nc1cc(F)c(COP(N)(=O)N(CCCl)CCCl)c(F)c1)C1CCCCC1. The van der Waals surface area contributed by atoms with Crippen LogP contribution in [0.5, 0.6) is 0 Å². The van der Waals surface area contributed by atoms with Gasteiger partial charge in [0.05, 0.1) is 19.3 Å². The molecule has 0 aromatic heterocycles. The van der Waals surface area contributed by atoms with Crippen LogP contribution >= 0.6 is 30.9 Å². The van der Waals surface area contributed by atoms with Crippen LogP contribution in [0.2, 0.25) is 0 Å². The molecule has 7 atom stereocenters. The fraction of sp³-hybridized carbons (Fsp3) is 0.650. The molecular weight excluding hydrogens is 954 g/mol. The lowest BCUT2D eigenvalue weighted by Crippen LogP contribution is -2.60. The van der Waals surface area contributed by atoms with E-state index in [1.807, 2.05) is 0 Å². The van der Waals surface area contributed by atoms with Crippen molar-refractivity contribution < 1.29 is 71.5 Å². The number of β-amino-alcohol motifs (C(OH)–C–C–N with tert-alkyl or cyclic N) is 1. The number of nitrogens with zero attached hydrogens (tertiary/aromatic N) is 2. The Balaban J connectivity index is 1.73. The van der Waals surface area contributed by atoms with Gasteiger partial charge in [-0.05, 0) is 50.7 Å². The van der Waals surface area contributed by atoms with Crippen LogP contribution in [0.3, 0.4) is 0 Å². The standard InChI is InChI=1S/C40H60Cl2F2N9O13P/c1-22(47-39(63)31-18-25(55)19-53(31)33(57)8-5-9-34(58)59)36(60)50-30(20-54)38(62)51-35(23-6-3-2-4-7-23)40(64)49-29(10-11-32(45)56)37(61)48-24-16-27(43)26(28(44)17-24)21-66-67(46,65)52(14-12-41)15-13-42/h16-17,22-23,25,29-31,35,54-55H,2-15,18-21H2,1H3,(H2,45,56)(H2,46,65)(H,47,63)(H,48,61)(H,49,64)(H,50,60)(H,51,62)(H,58,59)/t22-,25+,29-,30-,31-,35-,67?/m0/s1. The van der Waals surface area contributed by atoms with Crippen molar-refractivity contribution in [2.45, 2.75) is 120 Å². The van der Waals surface area contributed by atoms with Gasteiger partial charge in [0.15, 0.2) is 0 Å². The van der Waals surface area contributed by atoms with Crippen LogP contribution in [0, 0.1) is 17.6 Å². The molecule has 1 heterocycles. The predicted octanol–water partition coefficient (Wildman–Crippen LogP) is 0.280. The Morgan fingerprint density at radius 3 is 2.07 bits per heavy atom. The number of carboxylic acids is 1. The van der Waals surface area contributed by atoms with E-state index in [0.717, 1.165) is 28.1 Å². The Morgan fingerprint density at radius 2 is 1.51 bits per heavy atom. The number of aliphatic hydroxyl groups is 2. The average molecular weight is 1010 g/mol. The molecule has 1 saturated carbocycles. The second-order valence-electron chi connectivity index (χ2n) is 16.2. The van der Waals surface area contributed by atoms with Gasteiger partial charge in [-0.2, -0.15) is 0 Å². The smallest absolute Gasteiger partial charge is 0.341 e. The highest BCUT2D eigenvalue weighted by Crippen LogP contribution is 2.43. The third-order valence-electron chi connectivity index (χ3n) is 11.1. The van der Waals surface area contributed by atoms with Crippen molar-refractivity contribution in [2.24, 2.45) is 17.2 Å². The van der Waals surface area contributed by atoms with Gasteiger partial charge in [-0.3, -0.25) is 42.9 Å². The number of likely N-dealkylation sites (tertiary alicyclic amines) is 1. The van der Waals surface area contributed by atoms with Crippen LogP contribution in [-0.2, 0) is 54.1 Å². The van der Waals surface area contributed by atoms with Crippen molar-refractivity contribution in [1.82, 2.24) is 30.8 Å². The molecule has 376 valence electrons. The number of hydrogen-bond donors (Lipinski definition) is 10. The number of benzene rings is 1.